The predicted molar refractivity (Wildman–Crippen MR) is 67.3 cm³/mol. The van der Waals surface area contributed by atoms with E-state index in [2.05, 4.69) is 4.98 Å². The summed E-state index contributed by atoms with van der Waals surface area (Å²) in [5.41, 5.74) is 3.28. The number of hydrogen-bond donors (Lipinski definition) is 0. The molecule has 3 aromatic rings. The topological polar surface area (TPSA) is 48.0 Å². The van der Waals surface area contributed by atoms with E-state index in [1.165, 1.54) is 4.57 Å². The van der Waals surface area contributed by atoms with Gasteiger partial charge in [-0.05, 0) is 19.1 Å². The van der Waals surface area contributed by atoms with E-state index in [-0.39, 0.29) is 5.76 Å². The maximum absolute atomic E-state index is 11.4. The first-order chi connectivity index (χ1) is 8.15. The van der Waals surface area contributed by atoms with Crippen LogP contribution < -0.4 is 5.76 Å². The van der Waals surface area contributed by atoms with Crippen LogP contribution in [0.4, 0.5) is 0 Å². The lowest BCUT2D eigenvalue weighted by molar-refractivity contribution is 0.528. The Bertz CT molecular complexity index is 751. The minimum Gasteiger partial charge on any atom is -0.408 e. The summed E-state index contributed by atoms with van der Waals surface area (Å²) in [6, 6.07) is 5.68. The van der Waals surface area contributed by atoms with Crippen molar-refractivity contribution in [1.82, 2.24) is 9.55 Å². The minimum atomic E-state index is -0.341. The van der Waals surface area contributed by atoms with Crippen LogP contribution >= 0.6 is 11.3 Å². The molecule has 0 N–H and O–H groups in total. The largest absolute Gasteiger partial charge is 0.419 e. The van der Waals surface area contributed by atoms with Crippen LogP contribution in [-0.2, 0) is 7.05 Å². The number of aryl methyl sites for hydroxylation is 2. The van der Waals surface area contributed by atoms with Gasteiger partial charge in [0, 0.05) is 18.0 Å². The molecule has 1 aromatic carbocycles. The second-order valence-corrected chi connectivity index (χ2v) is 4.92. The van der Waals surface area contributed by atoms with Crippen molar-refractivity contribution in [2.45, 2.75) is 6.92 Å². The summed E-state index contributed by atoms with van der Waals surface area (Å²) in [4.78, 5) is 15.8. The third-order valence-electron chi connectivity index (χ3n) is 2.71. The van der Waals surface area contributed by atoms with Crippen LogP contribution in [0.2, 0.25) is 0 Å². The van der Waals surface area contributed by atoms with Crippen LogP contribution in [0.1, 0.15) is 5.01 Å². The molecule has 0 atom stereocenters. The monoisotopic (exact) mass is 246 g/mol. The third-order valence-corrected chi connectivity index (χ3v) is 3.48. The van der Waals surface area contributed by atoms with Gasteiger partial charge in [0.25, 0.3) is 0 Å². The van der Waals surface area contributed by atoms with E-state index in [9.17, 15) is 4.79 Å². The molecule has 0 aliphatic heterocycles. The molecule has 0 saturated carbocycles. The molecule has 3 rings (SSSR count). The fourth-order valence-corrected chi connectivity index (χ4v) is 2.41. The van der Waals surface area contributed by atoms with E-state index in [4.69, 9.17) is 4.42 Å². The van der Waals surface area contributed by atoms with Gasteiger partial charge >= 0.3 is 5.76 Å². The number of benzene rings is 1. The highest BCUT2D eigenvalue weighted by atomic mass is 32.1. The van der Waals surface area contributed by atoms with E-state index in [1.807, 2.05) is 30.5 Å². The normalized spacial score (nSPS) is 11.2. The van der Waals surface area contributed by atoms with Crippen LogP contribution in [0, 0.1) is 6.92 Å². The van der Waals surface area contributed by atoms with Crippen molar-refractivity contribution in [3.8, 4) is 11.3 Å². The molecule has 2 aromatic heterocycles. The average molecular weight is 246 g/mol. The smallest absolute Gasteiger partial charge is 0.408 e. The maximum atomic E-state index is 11.4. The van der Waals surface area contributed by atoms with Gasteiger partial charge in [-0.3, -0.25) is 4.57 Å². The summed E-state index contributed by atoms with van der Waals surface area (Å²) in [7, 11) is 1.70. The number of oxazole rings is 1. The van der Waals surface area contributed by atoms with Gasteiger partial charge in [0.05, 0.1) is 16.2 Å². The van der Waals surface area contributed by atoms with Crippen LogP contribution in [-0.4, -0.2) is 9.55 Å². The quantitative estimate of drug-likeness (QED) is 0.663. The van der Waals surface area contributed by atoms with Gasteiger partial charge in [-0.25, -0.2) is 9.78 Å². The second kappa shape index (κ2) is 3.56. The fraction of sp³-hybridized carbons (Fsp3) is 0.167. The number of thiazole rings is 1. The Morgan fingerprint density at radius 2 is 2.24 bits per heavy atom. The second-order valence-electron chi connectivity index (χ2n) is 3.86. The fourth-order valence-electron chi connectivity index (χ4n) is 1.79. The first-order valence-electron chi connectivity index (χ1n) is 5.17. The molecular weight excluding hydrogens is 236 g/mol. The Morgan fingerprint density at radius 1 is 1.41 bits per heavy atom. The van der Waals surface area contributed by atoms with Crippen molar-refractivity contribution < 1.29 is 4.42 Å². The number of rotatable bonds is 1. The van der Waals surface area contributed by atoms with E-state index in [1.54, 1.807) is 18.4 Å². The molecule has 86 valence electrons. The maximum Gasteiger partial charge on any atom is 0.419 e. The van der Waals surface area contributed by atoms with Crippen LogP contribution in [0.25, 0.3) is 22.4 Å². The van der Waals surface area contributed by atoms with E-state index in [0.717, 1.165) is 21.8 Å². The van der Waals surface area contributed by atoms with Crippen molar-refractivity contribution >= 4 is 22.4 Å². The highest BCUT2D eigenvalue weighted by molar-refractivity contribution is 7.09. The summed E-state index contributed by atoms with van der Waals surface area (Å²) >= 11 is 1.60. The lowest BCUT2D eigenvalue weighted by Crippen LogP contribution is -2.08. The zero-order valence-electron chi connectivity index (χ0n) is 9.43. The van der Waals surface area contributed by atoms with Gasteiger partial charge in [-0.1, -0.05) is 6.07 Å². The van der Waals surface area contributed by atoms with Crippen molar-refractivity contribution in [1.29, 1.82) is 0 Å². The Hall–Kier alpha value is -1.88. The molecule has 0 bridgehead atoms. The number of hydrogen-bond acceptors (Lipinski definition) is 4. The number of aromatic nitrogens is 2. The SMILES string of the molecule is Cc1nc(-c2ccc3c(c2)oc(=O)n3C)cs1. The van der Waals surface area contributed by atoms with Crippen LogP contribution in [0.5, 0.6) is 0 Å². The summed E-state index contributed by atoms with van der Waals surface area (Å²) in [5, 5.41) is 3.02. The molecule has 2 heterocycles. The van der Waals surface area contributed by atoms with Crippen molar-refractivity contribution in [2.24, 2.45) is 7.05 Å². The van der Waals surface area contributed by atoms with Gasteiger partial charge in [0.1, 0.15) is 0 Å². The van der Waals surface area contributed by atoms with Gasteiger partial charge in [-0.15, -0.1) is 11.3 Å². The van der Waals surface area contributed by atoms with Gasteiger partial charge < -0.3 is 4.42 Å². The highest BCUT2D eigenvalue weighted by Crippen LogP contribution is 2.24. The molecule has 0 aliphatic rings. The van der Waals surface area contributed by atoms with Crippen molar-refractivity contribution in [3.63, 3.8) is 0 Å². The molecule has 4 nitrogen and oxygen atoms in total. The first kappa shape index (κ1) is 10.3. The molecule has 0 saturated heterocycles. The summed E-state index contributed by atoms with van der Waals surface area (Å²) in [6.45, 7) is 1.97. The summed E-state index contributed by atoms with van der Waals surface area (Å²) in [6.07, 6.45) is 0. The Kier molecular flexibility index (Phi) is 2.16. The van der Waals surface area contributed by atoms with E-state index >= 15 is 0 Å². The minimum absolute atomic E-state index is 0.341. The predicted octanol–water partition coefficient (Wildman–Crippen LogP) is 2.56. The van der Waals surface area contributed by atoms with Gasteiger partial charge in [0.15, 0.2) is 5.58 Å². The third kappa shape index (κ3) is 1.59. The van der Waals surface area contributed by atoms with E-state index in [0.29, 0.717) is 5.58 Å². The van der Waals surface area contributed by atoms with Crippen molar-refractivity contribution in [2.75, 3.05) is 0 Å². The molecule has 17 heavy (non-hydrogen) atoms. The van der Waals surface area contributed by atoms with E-state index < -0.39 is 0 Å². The van der Waals surface area contributed by atoms with Gasteiger partial charge in [0.2, 0.25) is 0 Å². The molecule has 0 radical (unpaired) electrons. The summed E-state index contributed by atoms with van der Waals surface area (Å²) < 4.78 is 6.64. The molecule has 0 unspecified atom stereocenters. The Labute approximate surface area is 101 Å². The zero-order valence-corrected chi connectivity index (χ0v) is 10.2. The molecule has 0 aliphatic carbocycles. The number of nitrogens with zero attached hydrogens (tertiary/aromatic N) is 2. The number of fused-ring (bicyclic) bond motifs is 1. The highest BCUT2D eigenvalue weighted by Gasteiger charge is 2.08. The molecule has 0 amide bonds. The summed E-state index contributed by atoms with van der Waals surface area (Å²) in [5.74, 6) is -0.341. The Balaban J connectivity index is 2.23. The average Bonchev–Trinajstić information content (AvgIpc) is 2.85. The lowest BCUT2D eigenvalue weighted by Gasteiger charge is -1.96. The molecule has 0 fully saturated rings. The van der Waals surface area contributed by atoms with Crippen LogP contribution in [0.3, 0.4) is 0 Å². The molecular formula is C12H10N2O2S. The van der Waals surface area contributed by atoms with Gasteiger partial charge in [-0.2, -0.15) is 0 Å². The Morgan fingerprint density at radius 3 is 2.94 bits per heavy atom. The lowest BCUT2D eigenvalue weighted by atomic mass is 10.1. The van der Waals surface area contributed by atoms with Crippen molar-refractivity contribution in [3.05, 3.63) is 39.1 Å². The standard InChI is InChI=1S/C12H10N2O2S/c1-7-13-9(6-17-7)8-3-4-10-11(5-8)16-12(15)14(10)2/h3-6H,1-2H3. The van der Waals surface area contributed by atoms with Crippen LogP contribution in [0.15, 0.2) is 32.8 Å². The molecule has 0 spiro atoms. The zero-order chi connectivity index (χ0) is 12.0. The first-order valence-corrected chi connectivity index (χ1v) is 6.05. The molecule has 5 heteroatoms.